The number of ether oxygens (including phenoxy) is 1. The van der Waals surface area contributed by atoms with Crippen LogP contribution in [-0.4, -0.2) is 17.3 Å². The molecule has 1 aromatic heterocycles. The van der Waals surface area contributed by atoms with E-state index in [9.17, 15) is 18.0 Å². The zero-order valence-electron chi connectivity index (χ0n) is 9.27. The average molecular weight is 288 g/mol. The summed E-state index contributed by atoms with van der Waals surface area (Å²) in [4.78, 5) is 15.6. The molecule has 19 heavy (non-hydrogen) atoms. The summed E-state index contributed by atoms with van der Waals surface area (Å²) >= 11 is 1.24. The number of amides is 1. The van der Waals surface area contributed by atoms with Crippen LogP contribution in [-0.2, 0) is 0 Å². The predicted molar refractivity (Wildman–Crippen MR) is 63.2 cm³/mol. The summed E-state index contributed by atoms with van der Waals surface area (Å²) in [5.74, 6) is -0.827. The molecule has 0 radical (unpaired) electrons. The Morgan fingerprint density at radius 1 is 1.26 bits per heavy atom. The van der Waals surface area contributed by atoms with E-state index in [1.807, 2.05) is 0 Å². The van der Waals surface area contributed by atoms with Gasteiger partial charge in [-0.2, -0.15) is 0 Å². The van der Waals surface area contributed by atoms with Crippen LogP contribution < -0.4 is 10.1 Å². The topological polar surface area (TPSA) is 51.2 Å². The van der Waals surface area contributed by atoms with E-state index in [0.29, 0.717) is 5.13 Å². The second-order valence-electron chi connectivity index (χ2n) is 3.36. The number of nitrogens with zero attached hydrogens (tertiary/aromatic N) is 1. The molecule has 0 aliphatic heterocycles. The number of hydrogen-bond acceptors (Lipinski definition) is 4. The van der Waals surface area contributed by atoms with Crippen molar-refractivity contribution >= 4 is 22.4 Å². The number of halogens is 3. The van der Waals surface area contributed by atoms with E-state index < -0.39 is 12.3 Å². The highest BCUT2D eigenvalue weighted by Gasteiger charge is 2.31. The lowest BCUT2D eigenvalue weighted by atomic mass is 10.2. The Labute approximate surface area is 109 Å². The Morgan fingerprint density at radius 3 is 2.47 bits per heavy atom. The third kappa shape index (κ3) is 3.95. The molecule has 1 aromatic carbocycles. The van der Waals surface area contributed by atoms with Crippen LogP contribution in [0.3, 0.4) is 0 Å². The highest BCUT2D eigenvalue weighted by Crippen LogP contribution is 2.23. The molecule has 0 aliphatic rings. The van der Waals surface area contributed by atoms with E-state index in [4.69, 9.17) is 0 Å². The van der Waals surface area contributed by atoms with E-state index in [-0.39, 0.29) is 11.3 Å². The molecule has 1 N–H and O–H groups in total. The Hall–Kier alpha value is -2.09. The van der Waals surface area contributed by atoms with Crippen LogP contribution in [0.15, 0.2) is 35.8 Å². The Morgan fingerprint density at radius 2 is 1.95 bits per heavy atom. The van der Waals surface area contributed by atoms with Gasteiger partial charge in [-0.1, -0.05) is 0 Å². The van der Waals surface area contributed by atoms with Crippen molar-refractivity contribution in [3.63, 3.8) is 0 Å². The number of anilines is 1. The van der Waals surface area contributed by atoms with Crippen LogP contribution in [0.5, 0.6) is 5.75 Å². The minimum atomic E-state index is -4.75. The molecule has 2 aromatic rings. The molecule has 0 aliphatic carbocycles. The molecule has 0 atom stereocenters. The summed E-state index contributed by atoms with van der Waals surface area (Å²) in [6.07, 6.45) is -3.22. The maximum absolute atomic E-state index is 11.9. The van der Waals surface area contributed by atoms with E-state index in [2.05, 4.69) is 15.0 Å². The molecule has 4 nitrogen and oxygen atoms in total. The molecule has 0 unspecified atom stereocenters. The molecular formula is C11H7F3N2O2S. The minimum Gasteiger partial charge on any atom is -0.406 e. The Kier molecular flexibility index (Phi) is 3.70. The van der Waals surface area contributed by atoms with Crippen LogP contribution in [0.1, 0.15) is 10.4 Å². The molecule has 0 spiro atoms. The second-order valence-corrected chi connectivity index (χ2v) is 4.26. The van der Waals surface area contributed by atoms with Crippen molar-refractivity contribution in [1.29, 1.82) is 0 Å². The van der Waals surface area contributed by atoms with Gasteiger partial charge in [-0.05, 0) is 24.3 Å². The van der Waals surface area contributed by atoms with Crippen molar-refractivity contribution in [2.75, 3.05) is 5.32 Å². The van der Waals surface area contributed by atoms with Crippen molar-refractivity contribution < 1.29 is 22.7 Å². The Bertz CT molecular complexity index is 552. The summed E-state index contributed by atoms with van der Waals surface area (Å²) in [6.45, 7) is 0. The number of benzene rings is 1. The highest BCUT2D eigenvalue weighted by molar-refractivity contribution is 7.13. The van der Waals surface area contributed by atoms with Crippen LogP contribution in [0, 0.1) is 0 Å². The van der Waals surface area contributed by atoms with Crippen molar-refractivity contribution in [3.05, 3.63) is 41.4 Å². The zero-order valence-corrected chi connectivity index (χ0v) is 10.1. The number of alkyl halides is 3. The number of rotatable bonds is 3. The van der Waals surface area contributed by atoms with Gasteiger partial charge in [0.2, 0.25) is 0 Å². The zero-order chi connectivity index (χ0) is 13.9. The van der Waals surface area contributed by atoms with Gasteiger partial charge in [0.1, 0.15) is 5.75 Å². The van der Waals surface area contributed by atoms with Crippen LogP contribution >= 0.6 is 11.3 Å². The number of aromatic nitrogens is 1. The van der Waals surface area contributed by atoms with Gasteiger partial charge in [0.15, 0.2) is 5.13 Å². The number of hydrogen-bond donors (Lipinski definition) is 1. The van der Waals surface area contributed by atoms with Crippen molar-refractivity contribution in [2.45, 2.75) is 6.36 Å². The van der Waals surface area contributed by atoms with E-state index in [0.717, 1.165) is 12.1 Å². The van der Waals surface area contributed by atoms with Gasteiger partial charge in [-0.3, -0.25) is 10.1 Å². The first kappa shape index (κ1) is 13.3. The molecule has 100 valence electrons. The molecule has 0 bridgehead atoms. The third-order valence-corrected chi connectivity index (χ3v) is 2.69. The maximum atomic E-state index is 11.9. The lowest BCUT2D eigenvalue weighted by molar-refractivity contribution is -0.274. The molecule has 0 fully saturated rings. The number of nitrogens with one attached hydrogen (secondary N) is 1. The Balaban J connectivity index is 2.04. The quantitative estimate of drug-likeness (QED) is 0.942. The summed E-state index contributed by atoms with van der Waals surface area (Å²) in [5.41, 5.74) is 0.213. The van der Waals surface area contributed by atoms with Gasteiger partial charge in [-0.25, -0.2) is 4.98 Å². The lowest BCUT2D eigenvalue weighted by Crippen LogP contribution is -2.17. The number of carbonyl (C=O) groups is 1. The monoisotopic (exact) mass is 288 g/mol. The minimum absolute atomic E-state index is 0.213. The second kappa shape index (κ2) is 5.27. The van der Waals surface area contributed by atoms with Crippen LogP contribution in [0.4, 0.5) is 18.3 Å². The molecule has 8 heteroatoms. The van der Waals surface area contributed by atoms with Gasteiger partial charge in [0, 0.05) is 17.1 Å². The van der Waals surface area contributed by atoms with Gasteiger partial charge >= 0.3 is 6.36 Å². The van der Waals surface area contributed by atoms with Crippen molar-refractivity contribution in [2.24, 2.45) is 0 Å². The standard InChI is InChI=1S/C11H7F3N2O2S/c12-11(13,14)18-8-3-1-7(2-4-8)9(17)16-10-15-5-6-19-10/h1-6H,(H,15,16,17). The molecule has 1 amide bonds. The number of carbonyl (C=O) groups excluding carboxylic acids is 1. The van der Waals surface area contributed by atoms with Crippen LogP contribution in [0.25, 0.3) is 0 Å². The first-order valence-electron chi connectivity index (χ1n) is 5.01. The normalized spacial score (nSPS) is 11.1. The number of thiazole rings is 1. The predicted octanol–water partition coefficient (Wildman–Crippen LogP) is 3.29. The van der Waals surface area contributed by atoms with E-state index in [1.165, 1.54) is 29.7 Å². The van der Waals surface area contributed by atoms with Gasteiger partial charge < -0.3 is 4.74 Å². The first-order valence-corrected chi connectivity index (χ1v) is 5.89. The smallest absolute Gasteiger partial charge is 0.406 e. The fourth-order valence-corrected chi connectivity index (χ4v) is 1.79. The molecule has 2 rings (SSSR count). The summed E-state index contributed by atoms with van der Waals surface area (Å²) < 4.78 is 39.5. The molecule has 1 heterocycles. The van der Waals surface area contributed by atoms with Gasteiger partial charge in [0.25, 0.3) is 5.91 Å². The average Bonchev–Trinajstić information content (AvgIpc) is 2.80. The molecule has 0 saturated carbocycles. The third-order valence-electron chi connectivity index (χ3n) is 2.00. The SMILES string of the molecule is O=C(Nc1nccs1)c1ccc(OC(F)(F)F)cc1. The summed E-state index contributed by atoms with van der Waals surface area (Å²) in [5, 5.41) is 4.62. The summed E-state index contributed by atoms with van der Waals surface area (Å²) in [6, 6.07) is 4.63. The van der Waals surface area contributed by atoms with E-state index >= 15 is 0 Å². The van der Waals surface area contributed by atoms with Crippen LogP contribution in [0.2, 0.25) is 0 Å². The lowest BCUT2D eigenvalue weighted by Gasteiger charge is -2.09. The van der Waals surface area contributed by atoms with Crippen molar-refractivity contribution in [3.8, 4) is 5.75 Å². The highest BCUT2D eigenvalue weighted by atomic mass is 32.1. The molecule has 0 saturated heterocycles. The summed E-state index contributed by atoms with van der Waals surface area (Å²) in [7, 11) is 0. The first-order chi connectivity index (χ1) is 8.94. The van der Waals surface area contributed by atoms with Crippen molar-refractivity contribution in [1.82, 2.24) is 4.98 Å². The fourth-order valence-electron chi connectivity index (χ4n) is 1.26. The molecular weight excluding hydrogens is 281 g/mol. The van der Waals surface area contributed by atoms with Gasteiger partial charge in [-0.15, -0.1) is 24.5 Å². The fraction of sp³-hybridized carbons (Fsp3) is 0.0909. The largest absolute Gasteiger partial charge is 0.573 e. The van der Waals surface area contributed by atoms with E-state index in [1.54, 1.807) is 5.38 Å². The van der Waals surface area contributed by atoms with Gasteiger partial charge in [0.05, 0.1) is 0 Å². The maximum Gasteiger partial charge on any atom is 0.573 e.